The average Bonchev–Trinajstić information content (AvgIpc) is 2.99. The summed E-state index contributed by atoms with van der Waals surface area (Å²) in [5.74, 6) is 2.09. The molecule has 16 heavy (non-hydrogen) atoms. The Hall–Kier alpha value is -0.940. The van der Waals surface area contributed by atoms with Crippen molar-refractivity contribution in [3.05, 3.63) is 11.7 Å². The summed E-state index contributed by atoms with van der Waals surface area (Å²) in [5, 5.41) is 7.05. The van der Waals surface area contributed by atoms with E-state index >= 15 is 0 Å². The number of nitrogens with zero attached hydrogens (tertiary/aromatic N) is 2. The molecule has 5 heteroatoms. The van der Waals surface area contributed by atoms with E-state index in [2.05, 4.69) is 22.4 Å². The Morgan fingerprint density at radius 2 is 2.38 bits per heavy atom. The lowest BCUT2D eigenvalue weighted by molar-refractivity contribution is 0.0894. The lowest BCUT2D eigenvalue weighted by Gasteiger charge is -2.04. The predicted molar refractivity (Wildman–Crippen MR) is 58.9 cm³/mol. The molecular formula is C11H19N3O2. The molecule has 5 nitrogen and oxygen atoms in total. The number of hydrogen-bond acceptors (Lipinski definition) is 5. The molecule has 0 amide bonds. The second-order valence-corrected chi connectivity index (χ2v) is 4.46. The first-order chi connectivity index (χ1) is 7.78. The molecule has 1 heterocycles. The minimum Gasteiger partial charge on any atom is -0.371 e. The highest BCUT2D eigenvalue weighted by atomic mass is 16.5. The van der Waals surface area contributed by atoms with E-state index in [9.17, 15) is 0 Å². The fourth-order valence-electron chi connectivity index (χ4n) is 1.41. The lowest BCUT2D eigenvalue weighted by Crippen LogP contribution is -2.24. The van der Waals surface area contributed by atoms with Crippen molar-refractivity contribution < 1.29 is 9.26 Å². The molecule has 1 atom stereocenters. The van der Waals surface area contributed by atoms with Crippen molar-refractivity contribution >= 4 is 0 Å². The molecule has 0 aromatic carbocycles. The summed E-state index contributed by atoms with van der Waals surface area (Å²) in [6.45, 7) is 3.35. The van der Waals surface area contributed by atoms with Gasteiger partial charge in [0.25, 0.3) is 5.89 Å². The fraction of sp³-hybridized carbons (Fsp3) is 0.818. The van der Waals surface area contributed by atoms with Gasteiger partial charge in [-0.1, -0.05) is 5.16 Å². The molecule has 1 saturated carbocycles. The van der Waals surface area contributed by atoms with Crippen LogP contribution in [-0.2, 0) is 17.8 Å². The molecule has 1 unspecified atom stereocenters. The maximum Gasteiger partial charge on any atom is 0.252 e. The van der Waals surface area contributed by atoms with Crippen molar-refractivity contribution in [3.63, 3.8) is 0 Å². The monoisotopic (exact) mass is 225 g/mol. The first-order valence-corrected chi connectivity index (χ1v) is 5.84. The number of aromatic nitrogens is 2. The molecule has 1 fully saturated rings. The van der Waals surface area contributed by atoms with Gasteiger partial charge in [-0.15, -0.1) is 0 Å². The molecule has 2 rings (SSSR count). The number of likely N-dealkylation sites (N-methyl/N-ethyl adjacent to an activating group) is 1. The number of nitrogens with one attached hydrogen (secondary N) is 1. The summed E-state index contributed by atoms with van der Waals surface area (Å²) in [7, 11) is 1.92. The zero-order chi connectivity index (χ0) is 11.4. The minimum atomic E-state index is 0.359. The largest absolute Gasteiger partial charge is 0.371 e. The van der Waals surface area contributed by atoms with Gasteiger partial charge in [-0.3, -0.25) is 0 Å². The van der Waals surface area contributed by atoms with Crippen LogP contribution < -0.4 is 5.32 Å². The van der Waals surface area contributed by atoms with Crippen LogP contribution in [0.3, 0.4) is 0 Å². The summed E-state index contributed by atoms with van der Waals surface area (Å²) in [5.41, 5.74) is 0. The maximum absolute atomic E-state index is 5.48. The van der Waals surface area contributed by atoms with Crippen molar-refractivity contribution in [2.24, 2.45) is 5.92 Å². The van der Waals surface area contributed by atoms with E-state index in [0.29, 0.717) is 18.5 Å². The Kier molecular flexibility index (Phi) is 3.90. The Balaban J connectivity index is 1.72. The van der Waals surface area contributed by atoms with Gasteiger partial charge in [-0.25, -0.2) is 0 Å². The van der Waals surface area contributed by atoms with Gasteiger partial charge in [-0.2, -0.15) is 4.98 Å². The highest BCUT2D eigenvalue weighted by Crippen LogP contribution is 2.28. The van der Waals surface area contributed by atoms with Crippen LogP contribution in [0.2, 0.25) is 0 Å². The molecule has 1 aliphatic rings. The van der Waals surface area contributed by atoms with Crippen molar-refractivity contribution in [1.29, 1.82) is 0 Å². The standard InChI is InChI=1S/C11H19N3O2/c1-8(12-2)5-10-13-11(16-14-10)7-15-6-9-3-4-9/h8-9,12H,3-7H2,1-2H3. The molecular weight excluding hydrogens is 206 g/mol. The van der Waals surface area contributed by atoms with E-state index in [1.807, 2.05) is 7.05 Å². The van der Waals surface area contributed by atoms with Crippen LogP contribution >= 0.6 is 0 Å². The van der Waals surface area contributed by atoms with Crippen molar-refractivity contribution in [3.8, 4) is 0 Å². The summed E-state index contributed by atoms with van der Waals surface area (Å²) in [4.78, 5) is 4.27. The van der Waals surface area contributed by atoms with Crippen LogP contribution in [0.1, 0.15) is 31.5 Å². The number of ether oxygens (including phenoxy) is 1. The van der Waals surface area contributed by atoms with E-state index in [-0.39, 0.29) is 0 Å². The molecule has 1 aromatic rings. The van der Waals surface area contributed by atoms with E-state index in [0.717, 1.165) is 24.8 Å². The molecule has 0 bridgehead atoms. The molecule has 1 aliphatic carbocycles. The Bertz CT molecular complexity index is 323. The molecule has 0 aliphatic heterocycles. The van der Waals surface area contributed by atoms with Crippen LogP contribution in [0.5, 0.6) is 0 Å². The quantitative estimate of drug-likeness (QED) is 0.754. The summed E-state index contributed by atoms with van der Waals surface area (Å²) >= 11 is 0. The van der Waals surface area contributed by atoms with E-state index in [1.54, 1.807) is 0 Å². The second-order valence-electron chi connectivity index (χ2n) is 4.46. The molecule has 0 radical (unpaired) electrons. The third-order valence-electron chi connectivity index (χ3n) is 2.77. The zero-order valence-electron chi connectivity index (χ0n) is 9.90. The topological polar surface area (TPSA) is 60.2 Å². The van der Waals surface area contributed by atoms with Gasteiger partial charge in [0, 0.05) is 12.5 Å². The highest BCUT2D eigenvalue weighted by Gasteiger charge is 2.21. The normalized spacial score (nSPS) is 17.6. The second kappa shape index (κ2) is 5.41. The number of hydrogen-bond donors (Lipinski definition) is 1. The van der Waals surface area contributed by atoms with Crippen LogP contribution in [0.25, 0.3) is 0 Å². The smallest absolute Gasteiger partial charge is 0.252 e. The van der Waals surface area contributed by atoms with E-state index in [4.69, 9.17) is 9.26 Å². The van der Waals surface area contributed by atoms with Gasteiger partial charge in [0.1, 0.15) is 6.61 Å². The fourth-order valence-corrected chi connectivity index (χ4v) is 1.41. The van der Waals surface area contributed by atoms with E-state index < -0.39 is 0 Å². The third kappa shape index (κ3) is 3.57. The molecule has 1 N–H and O–H groups in total. The summed E-state index contributed by atoms with van der Waals surface area (Å²) in [6.07, 6.45) is 3.38. The van der Waals surface area contributed by atoms with Crippen molar-refractivity contribution in [1.82, 2.24) is 15.5 Å². The van der Waals surface area contributed by atoms with Gasteiger partial charge in [0.15, 0.2) is 5.82 Å². The average molecular weight is 225 g/mol. The third-order valence-corrected chi connectivity index (χ3v) is 2.77. The predicted octanol–water partition coefficient (Wildman–Crippen LogP) is 1.15. The van der Waals surface area contributed by atoms with Gasteiger partial charge in [-0.05, 0) is 32.7 Å². The molecule has 0 spiro atoms. The van der Waals surface area contributed by atoms with Crippen LogP contribution in [0.15, 0.2) is 4.52 Å². The summed E-state index contributed by atoms with van der Waals surface area (Å²) in [6, 6.07) is 0.359. The van der Waals surface area contributed by atoms with Gasteiger partial charge in [0.05, 0.1) is 6.61 Å². The van der Waals surface area contributed by atoms with Crippen molar-refractivity contribution in [2.75, 3.05) is 13.7 Å². The van der Waals surface area contributed by atoms with Gasteiger partial charge in [0.2, 0.25) is 0 Å². The Labute approximate surface area is 95.6 Å². The van der Waals surface area contributed by atoms with Crippen molar-refractivity contribution in [2.45, 2.75) is 38.8 Å². The molecule has 90 valence electrons. The highest BCUT2D eigenvalue weighted by molar-refractivity contribution is 4.88. The van der Waals surface area contributed by atoms with Gasteiger partial charge >= 0.3 is 0 Å². The number of rotatable bonds is 7. The summed E-state index contributed by atoms with van der Waals surface area (Å²) < 4.78 is 10.6. The SMILES string of the molecule is CNC(C)Cc1noc(COCC2CC2)n1. The zero-order valence-corrected chi connectivity index (χ0v) is 9.90. The van der Waals surface area contributed by atoms with E-state index in [1.165, 1.54) is 12.8 Å². The van der Waals surface area contributed by atoms with Crippen LogP contribution in [0, 0.1) is 5.92 Å². The van der Waals surface area contributed by atoms with Gasteiger partial charge < -0.3 is 14.6 Å². The van der Waals surface area contributed by atoms with Crippen LogP contribution in [0.4, 0.5) is 0 Å². The maximum atomic E-state index is 5.48. The Morgan fingerprint density at radius 1 is 1.56 bits per heavy atom. The lowest BCUT2D eigenvalue weighted by atomic mass is 10.2. The van der Waals surface area contributed by atoms with Crippen LogP contribution in [-0.4, -0.2) is 29.8 Å². The molecule has 1 aromatic heterocycles. The first kappa shape index (κ1) is 11.5. The minimum absolute atomic E-state index is 0.359. The first-order valence-electron chi connectivity index (χ1n) is 5.84. The molecule has 0 saturated heterocycles. The Morgan fingerprint density at radius 3 is 3.06 bits per heavy atom.